The van der Waals surface area contributed by atoms with Crippen LogP contribution in [0.1, 0.15) is 26.3 Å². The van der Waals surface area contributed by atoms with Crippen molar-refractivity contribution >= 4 is 11.9 Å². The number of carbonyl (C=O) groups excluding carboxylic acids is 2. The van der Waals surface area contributed by atoms with Crippen LogP contribution in [0.5, 0.6) is 28.7 Å². The van der Waals surface area contributed by atoms with Gasteiger partial charge in [0.2, 0.25) is 0 Å². The van der Waals surface area contributed by atoms with Gasteiger partial charge in [-0.15, -0.1) is 0 Å². The van der Waals surface area contributed by atoms with Crippen LogP contribution in [0, 0.1) is 0 Å². The first-order valence-electron chi connectivity index (χ1n) is 7.58. The summed E-state index contributed by atoms with van der Waals surface area (Å²) >= 11 is 0. The fourth-order valence-electron chi connectivity index (χ4n) is 2.35. The second-order valence-corrected chi connectivity index (χ2v) is 5.26. The molecule has 9 heteroatoms. The Hall–Kier alpha value is -3.46. The van der Waals surface area contributed by atoms with Crippen LogP contribution in [0.2, 0.25) is 0 Å². The van der Waals surface area contributed by atoms with Gasteiger partial charge < -0.3 is 34.3 Å². The molecule has 0 amide bonds. The number of benzene rings is 2. The van der Waals surface area contributed by atoms with Crippen molar-refractivity contribution in [1.29, 1.82) is 0 Å². The predicted octanol–water partition coefficient (Wildman–Crippen LogP) is 1.96. The molecule has 0 aliphatic heterocycles. The molecule has 144 valence electrons. The summed E-state index contributed by atoms with van der Waals surface area (Å²) < 4.78 is 20.1. The number of esters is 2. The third-order valence-electron chi connectivity index (χ3n) is 3.59. The van der Waals surface area contributed by atoms with E-state index >= 15 is 0 Å². The molecule has 0 bridgehead atoms. The number of aromatic hydroxyl groups is 2. The minimum atomic E-state index is -0.899. The van der Waals surface area contributed by atoms with E-state index in [2.05, 4.69) is 9.47 Å². The lowest BCUT2D eigenvalue weighted by molar-refractivity contribution is 0.0591. The summed E-state index contributed by atoms with van der Waals surface area (Å²) in [6, 6.07) is 4.75. The maximum atomic E-state index is 12.1. The Morgan fingerprint density at radius 2 is 1.59 bits per heavy atom. The predicted molar refractivity (Wildman–Crippen MR) is 91.4 cm³/mol. The van der Waals surface area contributed by atoms with Crippen LogP contribution in [0.25, 0.3) is 0 Å². The Kier molecular flexibility index (Phi) is 6.09. The largest absolute Gasteiger partial charge is 0.508 e. The molecule has 3 N–H and O–H groups in total. The summed E-state index contributed by atoms with van der Waals surface area (Å²) in [6.07, 6.45) is 0. The third-order valence-corrected chi connectivity index (χ3v) is 3.59. The molecule has 0 unspecified atom stereocenters. The summed E-state index contributed by atoms with van der Waals surface area (Å²) in [4.78, 5) is 24.1. The first kappa shape index (κ1) is 19.9. The van der Waals surface area contributed by atoms with E-state index in [-0.39, 0.29) is 39.7 Å². The van der Waals surface area contributed by atoms with Crippen molar-refractivity contribution in [2.75, 3.05) is 21.3 Å². The molecule has 0 radical (unpaired) electrons. The third kappa shape index (κ3) is 4.04. The van der Waals surface area contributed by atoms with Gasteiger partial charge in [0, 0.05) is 6.07 Å². The average molecular weight is 378 g/mol. The van der Waals surface area contributed by atoms with Crippen molar-refractivity contribution in [2.24, 2.45) is 0 Å². The number of phenolic OH excluding ortho intramolecular Hbond substituents is 2. The number of rotatable bonds is 6. The molecule has 2 rings (SSSR count). The number of aliphatic hydroxyl groups excluding tert-OH is 1. The Bertz CT molecular complexity index is 874. The van der Waals surface area contributed by atoms with Gasteiger partial charge in [0.1, 0.15) is 28.4 Å². The fraction of sp³-hybridized carbons (Fsp3) is 0.222. The van der Waals surface area contributed by atoms with Gasteiger partial charge in [-0.25, -0.2) is 9.59 Å². The van der Waals surface area contributed by atoms with Gasteiger partial charge >= 0.3 is 11.9 Å². The van der Waals surface area contributed by atoms with Crippen LogP contribution in [0.4, 0.5) is 0 Å². The summed E-state index contributed by atoms with van der Waals surface area (Å²) in [5, 5.41) is 29.2. The van der Waals surface area contributed by atoms with Crippen molar-refractivity contribution in [3.63, 3.8) is 0 Å². The standard InChI is InChI=1S/C18H18O9/c1-24-14-7-10(20)6-11(17(22)25-2)16(14)27-13-5-9(8-19)4-12(21)15(13)18(23)26-3/h4-7,19-21H,8H2,1-3H3. The highest BCUT2D eigenvalue weighted by Gasteiger charge is 2.25. The van der Waals surface area contributed by atoms with Crippen LogP contribution < -0.4 is 9.47 Å². The molecule has 0 saturated carbocycles. The molecule has 0 atom stereocenters. The van der Waals surface area contributed by atoms with Crippen molar-refractivity contribution in [3.8, 4) is 28.7 Å². The maximum absolute atomic E-state index is 12.1. The van der Waals surface area contributed by atoms with E-state index in [1.54, 1.807) is 0 Å². The number of methoxy groups -OCH3 is 3. The minimum Gasteiger partial charge on any atom is -0.508 e. The molecule has 0 spiro atoms. The zero-order valence-corrected chi connectivity index (χ0v) is 14.8. The van der Waals surface area contributed by atoms with E-state index in [4.69, 9.17) is 9.47 Å². The van der Waals surface area contributed by atoms with Crippen molar-refractivity contribution in [2.45, 2.75) is 6.61 Å². The SMILES string of the molecule is COC(=O)c1cc(O)cc(OC)c1Oc1cc(CO)cc(O)c1C(=O)OC. The molecule has 0 aliphatic rings. The van der Waals surface area contributed by atoms with E-state index in [1.807, 2.05) is 0 Å². The van der Waals surface area contributed by atoms with Gasteiger partial charge in [-0.3, -0.25) is 0 Å². The van der Waals surface area contributed by atoms with E-state index in [1.165, 1.54) is 25.3 Å². The molecule has 2 aromatic rings. The lowest BCUT2D eigenvalue weighted by Gasteiger charge is -2.17. The number of carbonyl (C=O) groups is 2. The van der Waals surface area contributed by atoms with Gasteiger partial charge in [-0.2, -0.15) is 0 Å². The molecule has 0 aliphatic carbocycles. The van der Waals surface area contributed by atoms with Gasteiger partial charge in [-0.1, -0.05) is 0 Å². The smallest absolute Gasteiger partial charge is 0.345 e. The zero-order valence-electron chi connectivity index (χ0n) is 14.8. The van der Waals surface area contributed by atoms with Crippen LogP contribution in [0.15, 0.2) is 24.3 Å². The van der Waals surface area contributed by atoms with Gasteiger partial charge in [0.05, 0.1) is 27.9 Å². The van der Waals surface area contributed by atoms with Crippen LogP contribution in [-0.2, 0) is 16.1 Å². The van der Waals surface area contributed by atoms with E-state index < -0.39 is 24.3 Å². The highest BCUT2D eigenvalue weighted by molar-refractivity contribution is 5.97. The van der Waals surface area contributed by atoms with Crippen molar-refractivity contribution < 1.29 is 43.9 Å². The number of aliphatic hydroxyl groups is 1. The first-order valence-corrected chi connectivity index (χ1v) is 7.58. The normalized spacial score (nSPS) is 10.2. The Morgan fingerprint density at radius 3 is 2.15 bits per heavy atom. The first-order chi connectivity index (χ1) is 12.9. The molecule has 0 heterocycles. The number of ether oxygens (including phenoxy) is 4. The summed E-state index contributed by atoms with van der Waals surface area (Å²) in [5.74, 6) is -2.88. The van der Waals surface area contributed by atoms with E-state index in [0.29, 0.717) is 0 Å². The molecule has 0 saturated heterocycles. The van der Waals surface area contributed by atoms with E-state index in [9.17, 15) is 24.9 Å². The quantitative estimate of drug-likeness (QED) is 0.645. The maximum Gasteiger partial charge on any atom is 0.345 e. The van der Waals surface area contributed by atoms with Gasteiger partial charge in [-0.05, 0) is 23.8 Å². The molecule has 9 nitrogen and oxygen atoms in total. The monoisotopic (exact) mass is 378 g/mol. The van der Waals surface area contributed by atoms with Crippen LogP contribution in [0.3, 0.4) is 0 Å². The minimum absolute atomic E-state index is 0.0277. The Balaban J connectivity index is 2.71. The fourth-order valence-corrected chi connectivity index (χ4v) is 2.35. The van der Waals surface area contributed by atoms with Crippen LogP contribution >= 0.6 is 0 Å². The summed E-state index contributed by atoms with van der Waals surface area (Å²) in [6.45, 7) is -0.443. The molecule has 0 aromatic heterocycles. The van der Waals surface area contributed by atoms with E-state index in [0.717, 1.165) is 20.3 Å². The Morgan fingerprint density at radius 1 is 0.926 bits per heavy atom. The highest BCUT2D eigenvalue weighted by atomic mass is 16.5. The molecule has 27 heavy (non-hydrogen) atoms. The number of hydrogen-bond donors (Lipinski definition) is 3. The molecular formula is C18H18O9. The number of hydrogen-bond acceptors (Lipinski definition) is 9. The second kappa shape index (κ2) is 8.28. The highest BCUT2D eigenvalue weighted by Crippen LogP contribution is 2.41. The second-order valence-electron chi connectivity index (χ2n) is 5.26. The summed E-state index contributed by atoms with van der Waals surface area (Å²) in [7, 11) is 3.54. The van der Waals surface area contributed by atoms with Gasteiger partial charge in [0.25, 0.3) is 0 Å². The average Bonchev–Trinajstić information content (AvgIpc) is 2.67. The van der Waals surface area contributed by atoms with Crippen LogP contribution in [-0.4, -0.2) is 48.6 Å². The molecule has 0 fully saturated rings. The van der Waals surface area contributed by atoms with Crippen molar-refractivity contribution in [1.82, 2.24) is 0 Å². The topological polar surface area (TPSA) is 132 Å². The lowest BCUT2D eigenvalue weighted by atomic mass is 10.1. The Labute approximate surface area is 154 Å². The van der Waals surface area contributed by atoms with Crippen molar-refractivity contribution in [3.05, 3.63) is 41.0 Å². The number of phenols is 2. The zero-order chi connectivity index (χ0) is 20.1. The molecule has 2 aromatic carbocycles. The summed E-state index contributed by atoms with van der Waals surface area (Å²) in [5.41, 5.74) is -0.257. The van der Waals surface area contributed by atoms with Gasteiger partial charge in [0.15, 0.2) is 11.5 Å². The molecular weight excluding hydrogens is 360 g/mol. The lowest BCUT2D eigenvalue weighted by Crippen LogP contribution is -2.08.